The summed E-state index contributed by atoms with van der Waals surface area (Å²) in [6, 6.07) is -1.14. The molecule has 100 valence electrons. The van der Waals surface area contributed by atoms with E-state index in [-0.39, 0.29) is 12.0 Å². The molecule has 0 aromatic rings. The van der Waals surface area contributed by atoms with Gasteiger partial charge in [-0.3, -0.25) is 4.79 Å². The van der Waals surface area contributed by atoms with Gasteiger partial charge in [0.15, 0.2) is 0 Å². The van der Waals surface area contributed by atoms with Crippen molar-refractivity contribution in [3.05, 3.63) is 0 Å². The molecule has 1 fully saturated rings. The maximum absolute atomic E-state index is 12.0. The second-order valence-corrected chi connectivity index (χ2v) is 6.44. The molecular formula is C10H20N2O4S. The number of nitrogens with zero attached hydrogens (tertiary/aromatic N) is 1. The molecular weight excluding hydrogens is 244 g/mol. The normalized spacial score (nSPS) is 24.1. The highest BCUT2D eigenvalue weighted by atomic mass is 32.2. The number of hydrogen-bond acceptors (Lipinski definition) is 3. The summed E-state index contributed by atoms with van der Waals surface area (Å²) in [6.07, 6.45) is 1.64. The molecule has 1 aliphatic heterocycles. The molecule has 2 atom stereocenters. The molecule has 2 N–H and O–H groups in total. The van der Waals surface area contributed by atoms with Crippen LogP contribution in [0.25, 0.3) is 0 Å². The highest BCUT2D eigenvalue weighted by Crippen LogP contribution is 2.20. The van der Waals surface area contributed by atoms with Crippen molar-refractivity contribution < 1.29 is 18.3 Å². The van der Waals surface area contributed by atoms with Crippen molar-refractivity contribution in [2.24, 2.45) is 5.92 Å². The van der Waals surface area contributed by atoms with Gasteiger partial charge in [-0.15, -0.1) is 0 Å². The molecule has 0 aromatic heterocycles. The summed E-state index contributed by atoms with van der Waals surface area (Å²) >= 11 is 0. The zero-order valence-electron chi connectivity index (χ0n) is 10.4. The van der Waals surface area contributed by atoms with Gasteiger partial charge in [0.05, 0.1) is 0 Å². The van der Waals surface area contributed by atoms with Gasteiger partial charge in [0.25, 0.3) is 10.2 Å². The quantitative estimate of drug-likeness (QED) is 0.753. The molecule has 17 heavy (non-hydrogen) atoms. The van der Waals surface area contributed by atoms with Crippen LogP contribution in [-0.4, -0.2) is 42.4 Å². The van der Waals surface area contributed by atoms with Gasteiger partial charge in [0.1, 0.15) is 6.04 Å². The summed E-state index contributed by atoms with van der Waals surface area (Å²) in [5, 5.41) is 8.97. The molecule has 0 amide bonds. The molecule has 0 aromatic carbocycles. The molecule has 0 radical (unpaired) electrons. The molecule has 1 unspecified atom stereocenters. The lowest BCUT2D eigenvalue weighted by molar-refractivity contribution is -0.140. The monoisotopic (exact) mass is 264 g/mol. The van der Waals surface area contributed by atoms with Crippen molar-refractivity contribution in [1.82, 2.24) is 9.03 Å². The molecule has 1 aliphatic rings. The average molecular weight is 264 g/mol. The minimum Gasteiger partial charge on any atom is -0.480 e. The maximum Gasteiger partial charge on any atom is 0.322 e. The second-order valence-electron chi connectivity index (χ2n) is 4.78. The minimum atomic E-state index is -3.70. The molecule has 1 rings (SSSR count). The van der Waals surface area contributed by atoms with Crippen molar-refractivity contribution in [1.29, 1.82) is 0 Å². The van der Waals surface area contributed by atoms with E-state index < -0.39 is 22.2 Å². The fraction of sp³-hybridized carbons (Fsp3) is 0.900. The van der Waals surface area contributed by atoms with Crippen LogP contribution >= 0.6 is 0 Å². The van der Waals surface area contributed by atoms with E-state index in [2.05, 4.69) is 4.72 Å². The zero-order chi connectivity index (χ0) is 13.2. The van der Waals surface area contributed by atoms with E-state index in [4.69, 9.17) is 5.11 Å². The number of aliphatic carboxylic acids is 1. The number of carboxylic acid groups (broad SMARTS) is 1. The molecule has 6 nitrogen and oxygen atoms in total. The first-order valence-electron chi connectivity index (χ1n) is 5.77. The smallest absolute Gasteiger partial charge is 0.322 e. The van der Waals surface area contributed by atoms with Crippen molar-refractivity contribution in [3.63, 3.8) is 0 Å². The van der Waals surface area contributed by atoms with Crippen molar-refractivity contribution in [3.8, 4) is 0 Å². The van der Waals surface area contributed by atoms with Gasteiger partial charge in [0, 0.05) is 12.6 Å². The Kier molecular flexibility index (Phi) is 4.51. The van der Waals surface area contributed by atoms with Gasteiger partial charge >= 0.3 is 5.97 Å². The van der Waals surface area contributed by atoms with E-state index >= 15 is 0 Å². The minimum absolute atomic E-state index is 0.0610. The van der Waals surface area contributed by atoms with Gasteiger partial charge < -0.3 is 5.11 Å². The molecule has 0 saturated carbocycles. The van der Waals surface area contributed by atoms with Crippen LogP contribution in [0.5, 0.6) is 0 Å². The highest BCUT2D eigenvalue weighted by Gasteiger charge is 2.35. The summed E-state index contributed by atoms with van der Waals surface area (Å²) in [7, 11) is -3.70. The molecule has 7 heteroatoms. The van der Waals surface area contributed by atoms with Crippen LogP contribution in [0.2, 0.25) is 0 Å². The Morgan fingerprint density at radius 2 is 2.06 bits per heavy atom. The third-order valence-corrected chi connectivity index (χ3v) is 4.72. The molecule has 1 heterocycles. The van der Waals surface area contributed by atoms with Crippen LogP contribution in [-0.2, 0) is 15.0 Å². The molecule has 0 aliphatic carbocycles. The third-order valence-electron chi connectivity index (χ3n) is 3.01. The van der Waals surface area contributed by atoms with E-state index in [0.717, 1.165) is 12.8 Å². The van der Waals surface area contributed by atoms with Crippen LogP contribution in [0.4, 0.5) is 0 Å². The van der Waals surface area contributed by atoms with Gasteiger partial charge in [0.2, 0.25) is 0 Å². The molecule has 1 saturated heterocycles. The van der Waals surface area contributed by atoms with Gasteiger partial charge in [-0.05, 0) is 25.7 Å². The maximum atomic E-state index is 12.0. The summed E-state index contributed by atoms with van der Waals surface area (Å²) < 4.78 is 27.6. The fourth-order valence-corrected chi connectivity index (χ4v) is 3.74. The van der Waals surface area contributed by atoms with E-state index in [1.54, 1.807) is 13.8 Å². The predicted molar refractivity (Wildman–Crippen MR) is 63.7 cm³/mol. The van der Waals surface area contributed by atoms with Gasteiger partial charge in [-0.2, -0.15) is 17.4 Å². The Morgan fingerprint density at radius 1 is 1.47 bits per heavy atom. The standard InChI is InChI=1S/C10H20N2O4S/c1-7(2)9(10(13)14)11-17(15,16)12-6-4-5-8(12)3/h7-9,11H,4-6H2,1-3H3,(H,13,14)/t8?,9-/m1/s1. The lowest BCUT2D eigenvalue weighted by atomic mass is 10.1. The predicted octanol–water partition coefficient (Wildman–Crippen LogP) is 0.414. The number of carboxylic acids is 1. The molecule has 0 spiro atoms. The first kappa shape index (κ1) is 14.4. The third kappa shape index (κ3) is 3.40. The lowest BCUT2D eigenvalue weighted by Crippen LogP contribution is -2.51. The lowest BCUT2D eigenvalue weighted by Gasteiger charge is -2.25. The van der Waals surface area contributed by atoms with Gasteiger partial charge in [-0.1, -0.05) is 13.8 Å². The van der Waals surface area contributed by atoms with Crippen LogP contribution in [0.3, 0.4) is 0 Å². The summed E-state index contributed by atoms with van der Waals surface area (Å²) in [5.74, 6) is -1.43. The Balaban J connectivity index is 2.81. The number of hydrogen-bond donors (Lipinski definition) is 2. The first-order valence-corrected chi connectivity index (χ1v) is 7.21. The van der Waals surface area contributed by atoms with Crippen LogP contribution < -0.4 is 4.72 Å². The van der Waals surface area contributed by atoms with E-state index in [9.17, 15) is 13.2 Å². The topological polar surface area (TPSA) is 86.7 Å². The fourth-order valence-electron chi connectivity index (χ4n) is 1.96. The Labute approximate surface area is 102 Å². The second kappa shape index (κ2) is 5.32. The summed E-state index contributed by atoms with van der Waals surface area (Å²) in [6.45, 7) is 5.64. The number of carbonyl (C=O) groups is 1. The summed E-state index contributed by atoms with van der Waals surface area (Å²) in [5.41, 5.74) is 0. The van der Waals surface area contributed by atoms with Gasteiger partial charge in [-0.25, -0.2) is 0 Å². The average Bonchev–Trinajstić information content (AvgIpc) is 2.60. The van der Waals surface area contributed by atoms with Crippen molar-refractivity contribution >= 4 is 16.2 Å². The van der Waals surface area contributed by atoms with Crippen molar-refractivity contribution in [2.75, 3.05) is 6.54 Å². The van der Waals surface area contributed by atoms with E-state index in [1.807, 2.05) is 6.92 Å². The van der Waals surface area contributed by atoms with E-state index in [1.165, 1.54) is 4.31 Å². The summed E-state index contributed by atoms with van der Waals surface area (Å²) in [4.78, 5) is 11.0. The Bertz CT molecular complexity index is 380. The van der Waals surface area contributed by atoms with Crippen LogP contribution in [0, 0.1) is 5.92 Å². The largest absolute Gasteiger partial charge is 0.480 e. The number of nitrogens with one attached hydrogen (secondary N) is 1. The van der Waals surface area contributed by atoms with Crippen LogP contribution in [0.15, 0.2) is 0 Å². The van der Waals surface area contributed by atoms with Crippen molar-refractivity contribution in [2.45, 2.75) is 45.7 Å². The first-order chi connectivity index (χ1) is 7.75. The zero-order valence-corrected chi connectivity index (χ0v) is 11.2. The highest BCUT2D eigenvalue weighted by molar-refractivity contribution is 7.87. The Morgan fingerprint density at radius 3 is 2.41 bits per heavy atom. The Hall–Kier alpha value is -0.660. The SMILES string of the molecule is CC(C)[C@@H](NS(=O)(=O)N1CCCC1C)C(=O)O. The number of rotatable bonds is 5. The van der Waals surface area contributed by atoms with E-state index in [0.29, 0.717) is 6.54 Å². The molecule has 0 bridgehead atoms. The van der Waals surface area contributed by atoms with Crippen LogP contribution in [0.1, 0.15) is 33.6 Å².